The molecule has 2 rings (SSSR count). The van der Waals surface area contributed by atoms with E-state index < -0.39 is 0 Å². The molecule has 1 saturated carbocycles. The van der Waals surface area contributed by atoms with E-state index in [1.54, 1.807) is 24.3 Å². The van der Waals surface area contributed by atoms with Crippen molar-refractivity contribution in [1.29, 1.82) is 0 Å². The van der Waals surface area contributed by atoms with Crippen LogP contribution in [0.15, 0.2) is 24.3 Å². The van der Waals surface area contributed by atoms with Gasteiger partial charge in [-0.1, -0.05) is 12.1 Å². The van der Waals surface area contributed by atoms with Crippen molar-refractivity contribution in [3.8, 4) is 0 Å². The van der Waals surface area contributed by atoms with Gasteiger partial charge in [-0.2, -0.15) is 0 Å². The lowest BCUT2D eigenvalue weighted by atomic mass is 10.1. The van der Waals surface area contributed by atoms with Crippen LogP contribution in [0, 0.1) is 0 Å². The van der Waals surface area contributed by atoms with Crippen LogP contribution in [0.3, 0.4) is 0 Å². The van der Waals surface area contributed by atoms with Crippen molar-refractivity contribution < 1.29 is 14.4 Å². The van der Waals surface area contributed by atoms with Gasteiger partial charge in [0, 0.05) is 18.7 Å². The Balaban J connectivity index is 1.73. The smallest absolute Gasteiger partial charge is 0.239 e. The van der Waals surface area contributed by atoms with Gasteiger partial charge in [0.2, 0.25) is 17.7 Å². The van der Waals surface area contributed by atoms with E-state index in [0.717, 1.165) is 18.4 Å². The van der Waals surface area contributed by atoms with Crippen molar-refractivity contribution in [2.75, 3.05) is 11.9 Å². The Labute approximate surface area is 123 Å². The number of nitrogens with one attached hydrogen (secondary N) is 3. The molecule has 1 aliphatic rings. The number of benzene rings is 1. The zero-order chi connectivity index (χ0) is 15.2. The zero-order valence-corrected chi connectivity index (χ0v) is 11.9. The summed E-state index contributed by atoms with van der Waals surface area (Å²) in [6.45, 7) is 1.45. The van der Waals surface area contributed by atoms with Crippen molar-refractivity contribution in [3.63, 3.8) is 0 Å². The molecule has 0 unspecified atom stereocenters. The van der Waals surface area contributed by atoms with Crippen LogP contribution in [0.2, 0.25) is 0 Å². The van der Waals surface area contributed by atoms with Crippen molar-refractivity contribution >= 4 is 23.4 Å². The Morgan fingerprint density at radius 2 is 1.76 bits per heavy atom. The summed E-state index contributed by atoms with van der Waals surface area (Å²) in [4.78, 5) is 34.0. The van der Waals surface area contributed by atoms with Crippen molar-refractivity contribution in [3.05, 3.63) is 29.8 Å². The third kappa shape index (κ3) is 5.64. The molecule has 1 aromatic carbocycles. The summed E-state index contributed by atoms with van der Waals surface area (Å²) >= 11 is 0. The molecule has 3 N–H and O–H groups in total. The summed E-state index contributed by atoms with van der Waals surface area (Å²) in [5, 5.41) is 8.05. The van der Waals surface area contributed by atoms with E-state index in [4.69, 9.17) is 0 Å². The molecular weight excluding hydrogens is 270 g/mol. The van der Waals surface area contributed by atoms with Gasteiger partial charge in [0.25, 0.3) is 0 Å². The van der Waals surface area contributed by atoms with Gasteiger partial charge in [0.15, 0.2) is 0 Å². The Bertz CT molecular complexity index is 536. The van der Waals surface area contributed by atoms with E-state index >= 15 is 0 Å². The third-order valence-corrected chi connectivity index (χ3v) is 3.03. The zero-order valence-electron chi connectivity index (χ0n) is 11.9. The highest BCUT2D eigenvalue weighted by atomic mass is 16.2. The van der Waals surface area contributed by atoms with Gasteiger partial charge >= 0.3 is 0 Å². The Kier molecular flexibility index (Phi) is 4.92. The summed E-state index contributed by atoms with van der Waals surface area (Å²) < 4.78 is 0. The molecule has 0 radical (unpaired) electrons. The number of amides is 3. The van der Waals surface area contributed by atoms with E-state index in [2.05, 4.69) is 16.0 Å². The molecule has 0 aromatic heterocycles. The SMILES string of the molecule is CC(=O)Nc1ccc(CC(=O)NCC(=O)NC2CC2)cc1. The molecule has 0 aliphatic heterocycles. The number of carbonyl (C=O) groups is 3. The first-order valence-corrected chi connectivity index (χ1v) is 6.95. The predicted octanol–water partition coefficient (Wildman–Crippen LogP) is 0.582. The van der Waals surface area contributed by atoms with E-state index in [1.165, 1.54) is 6.92 Å². The molecule has 1 aliphatic carbocycles. The molecule has 6 nitrogen and oxygen atoms in total. The minimum absolute atomic E-state index is 0.0132. The van der Waals surface area contributed by atoms with Gasteiger partial charge in [-0.3, -0.25) is 14.4 Å². The molecule has 0 heterocycles. The molecule has 1 aromatic rings. The quantitative estimate of drug-likeness (QED) is 0.716. The molecular formula is C15H19N3O3. The minimum atomic E-state index is -0.201. The minimum Gasteiger partial charge on any atom is -0.352 e. The lowest BCUT2D eigenvalue weighted by molar-refractivity contribution is -0.125. The average molecular weight is 289 g/mol. The van der Waals surface area contributed by atoms with Gasteiger partial charge in [-0.05, 0) is 30.5 Å². The van der Waals surface area contributed by atoms with Gasteiger partial charge in [0.1, 0.15) is 0 Å². The number of anilines is 1. The highest BCUT2D eigenvalue weighted by Gasteiger charge is 2.23. The lowest BCUT2D eigenvalue weighted by Gasteiger charge is -2.07. The maximum atomic E-state index is 11.7. The molecule has 3 amide bonds. The average Bonchev–Trinajstić information content (AvgIpc) is 3.22. The molecule has 21 heavy (non-hydrogen) atoms. The fourth-order valence-corrected chi connectivity index (χ4v) is 1.84. The van der Waals surface area contributed by atoms with Gasteiger partial charge in [-0.15, -0.1) is 0 Å². The highest BCUT2D eigenvalue weighted by Crippen LogP contribution is 2.18. The molecule has 0 saturated heterocycles. The van der Waals surface area contributed by atoms with Crippen LogP contribution in [0.25, 0.3) is 0 Å². The van der Waals surface area contributed by atoms with Crippen LogP contribution in [0.4, 0.5) is 5.69 Å². The molecule has 0 spiro atoms. The molecule has 0 atom stereocenters. The van der Waals surface area contributed by atoms with Crippen LogP contribution >= 0.6 is 0 Å². The molecule has 112 valence electrons. The summed E-state index contributed by atoms with van der Waals surface area (Å²) in [6, 6.07) is 7.33. The molecule has 0 bridgehead atoms. The maximum Gasteiger partial charge on any atom is 0.239 e. The summed E-state index contributed by atoms with van der Waals surface area (Å²) in [7, 11) is 0. The lowest BCUT2D eigenvalue weighted by Crippen LogP contribution is -2.38. The first kappa shape index (κ1) is 15.0. The normalized spacial score (nSPS) is 13.4. The van der Waals surface area contributed by atoms with E-state index in [-0.39, 0.29) is 30.7 Å². The van der Waals surface area contributed by atoms with Gasteiger partial charge in [0.05, 0.1) is 13.0 Å². The third-order valence-electron chi connectivity index (χ3n) is 3.03. The molecule has 1 fully saturated rings. The van der Waals surface area contributed by atoms with Crippen LogP contribution in [0.5, 0.6) is 0 Å². The standard InChI is InChI=1S/C15H19N3O3/c1-10(19)17-12-4-2-11(3-5-12)8-14(20)16-9-15(21)18-13-6-7-13/h2-5,13H,6-9H2,1H3,(H,16,20)(H,17,19)(H,18,21). The fraction of sp³-hybridized carbons (Fsp3) is 0.400. The largest absolute Gasteiger partial charge is 0.352 e. The summed E-state index contributed by atoms with van der Waals surface area (Å²) in [5.74, 6) is -0.484. The van der Waals surface area contributed by atoms with Gasteiger partial charge in [-0.25, -0.2) is 0 Å². The molecule has 6 heteroatoms. The second-order valence-corrected chi connectivity index (χ2v) is 5.17. The van der Waals surface area contributed by atoms with E-state index in [0.29, 0.717) is 11.7 Å². The second-order valence-electron chi connectivity index (χ2n) is 5.17. The van der Waals surface area contributed by atoms with Crippen LogP contribution < -0.4 is 16.0 Å². The van der Waals surface area contributed by atoms with E-state index in [1.807, 2.05) is 0 Å². The maximum absolute atomic E-state index is 11.7. The van der Waals surface area contributed by atoms with Crippen molar-refractivity contribution in [1.82, 2.24) is 10.6 Å². The Morgan fingerprint density at radius 1 is 1.10 bits per heavy atom. The van der Waals surface area contributed by atoms with Crippen molar-refractivity contribution in [2.45, 2.75) is 32.2 Å². The number of hydrogen-bond acceptors (Lipinski definition) is 3. The van der Waals surface area contributed by atoms with Crippen LogP contribution in [-0.4, -0.2) is 30.3 Å². The first-order valence-electron chi connectivity index (χ1n) is 6.95. The number of rotatable bonds is 6. The highest BCUT2D eigenvalue weighted by molar-refractivity contribution is 5.89. The predicted molar refractivity (Wildman–Crippen MR) is 78.6 cm³/mol. The van der Waals surface area contributed by atoms with Crippen LogP contribution in [-0.2, 0) is 20.8 Å². The first-order chi connectivity index (χ1) is 10.0. The monoisotopic (exact) mass is 289 g/mol. The Morgan fingerprint density at radius 3 is 2.33 bits per heavy atom. The summed E-state index contributed by atoms with van der Waals surface area (Å²) in [6.07, 6.45) is 2.26. The van der Waals surface area contributed by atoms with E-state index in [9.17, 15) is 14.4 Å². The van der Waals surface area contributed by atoms with Crippen LogP contribution in [0.1, 0.15) is 25.3 Å². The van der Waals surface area contributed by atoms with Crippen molar-refractivity contribution in [2.24, 2.45) is 0 Å². The van der Waals surface area contributed by atoms with Gasteiger partial charge < -0.3 is 16.0 Å². The fourth-order valence-electron chi connectivity index (χ4n) is 1.84. The second kappa shape index (κ2) is 6.88. The summed E-state index contributed by atoms with van der Waals surface area (Å²) in [5.41, 5.74) is 1.51. The topological polar surface area (TPSA) is 87.3 Å². The number of carbonyl (C=O) groups excluding carboxylic acids is 3. The Hall–Kier alpha value is -2.37. The number of hydrogen-bond donors (Lipinski definition) is 3.